The van der Waals surface area contributed by atoms with E-state index in [1.807, 2.05) is 58.5 Å². The Morgan fingerprint density at radius 2 is 0.969 bits per heavy atom. The van der Waals surface area contributed by atoms with E-state index in [9.17, 15) is 77.8 Å². The van der Waals surface area contributed by atoms with E-state index in [2.05, 4.69) is 26.3 Å². The van der Waals surface area contributed by atoms with Crippen LogP contribution in [0.15, 0.2) is 48.5 Å². The van der Waals surface area contributed by atoms with Gasteiger partial charge in [0.1, 0.15) is 17.8 Å². The summed E-state index contributed by atoms with van der Waals surface area (Å²) in [5.74, 6) is -9.12. The minimum Gasteiger partial charge on any atom is -0.481 e. The summed E-state index contributed by atoms with van der Waals surface area (Å²) in [5.41, 5.74) is 3.99. The molecule has 532 valence electrons. The monoisotopic (exact) mass is 1450 g/mol. The molecule has 36 nitrogen and oxygen atoms in total. The van der Waals surface area contributed by atoms with Gasteiger partial charge < -0.3 is 80.1 Å². The number of nitrogens with zero attached hydrogens (tertiary/aromatic N) is 8. The van der Waals surface area contributed by atoms with Crippen molar-refractivity contribution in [2.75, 3.05) is 169 Å². The van der Waals surface area contributed by atoms with E-state index in [0.29, 0.717) is 22.6 Å². The van der Waals surface area contributed by atoms with Crippen LogP contribution >= 0.6 is 7.75 Å². The van der Waals surface area contributed by atoms with E-state index in [0.717, 1.165) is 11.1 Å². The third-order valence-electron chi connectivity index (χ3n) is 14.8. The average molecular weight is 1450 g/mol. The number of fused-ring (bicyclic) bond motifs is 5. The number of anilines is 1. The number of nitrogens with one attached hydrogen (secondary N) is 4. The Morgan fingerprint density at radius 3 is 1.47 bits per heavy atom. The average Bonchev–Trinajstić information content (AvgIpc) is 1.69. The normalized spacial score (nSPS) is 15.4. The van der Waals surface area contributed by atoms with Gasteiger partial charge >= 0.3 is 63.4 Å². The molecule has 2 unspecified atom stereocenters. The molecule has 3 aromatic rings. The van der Waals surface area contributed by atoms with Crippen LogP contribution in [0.5, 0.6) is 0 Å². The number of carbonyl (C=O) groups is 10. The predicted octanol–water partition coefficient (Wildman–Crippen LogP) is -1.98. The number of aliphatic carboxylic acids is 6. The van der Waals surface area contributed by atoms with Gasteiger partial charge in [0, 0.05) is 109 Å². The number of carbonyl (C=O) groups excluding carboxylic acids is 4. The Balaban J connectivity index is 0.0000200. The number of hydrogen-bond acceptors (Lipinski definition) is 23. The second-order valence-corrected chi connectivity index (χ2v) is 23.6. The summed E-state index contributed by atoms with van der Waals surface area (Å²) in [5, 5.41) is 75.0. The molecule has 4 amide bonds. The van der Waals surface area contributed by atoms with Crippen molar-refractivity contribution in [3.63, 3.8) is 0 Å². The fourth-order valence-corrected chi connectivity index (χ4v) is 11.0. The van der Waals surface area contributed by atoms with Crippen LogP contribution in [0.1, 0.15) is 44.1 Å². The first kappa shape index (κ1) is 82.1. The third kappa shape index (κ3) is 31.8. The van der Waals surface area contributed by atoms with E-state index < -0.39 is 87.4 Å². The Hall–Kier alpha value is -7.33. The molecular formula is C59H87GaN12O24P+3. The van der Waals surface area contributed by atoms with Crippen LogP contribution in [-0.2, 0) is 93.8 Å². The summed E-state index contributed by atoms with van der Waals surface area (Å²) >= 11 is 0. The maximum Gasteiger partial charge on any atom is 3.00 e. The molecule has 1 aromatic heterocycles. The maximum atomic E-state index is 14.1. The van der Waals surface area contributed by atoms with Crippen LogP contribution in [0.4, 0.5) is 5.69 Å². The molecule has 0 spiro atoms. The van der Waals surface area contributed by atoms with Gasteiger partial charge in [-0.1, -0.05) is 47.7 Å². The maximum absolute atomic E-state index is 14.1. The molecular weight excluding hydrogens is 1360 g/mol. The number of carboxylic acids is 6. The molecule has 97 heavy (non-hydrogen) atoms. The number of rotatable bonds is 44. The summed E-state index contributed by atoms with van der Waals surface area (Å²) in [4.78, 5) is 140. The first-order valence-electron chi connectivity index (χ1n) is 31.1. The number of hydrogen-bond donors (Lipinski definition) is 11. The summed E-state index contributed by atoms with van der Waals surface area (Å²) in [6.07, 6.45) is -1.77. The van der Waals surface area contributed by atoms with Crippen molar-refractivity contribution in [1.82, 2.24) is 55.6 Å². The molecule has 0 radical (unpaired) electrons. The molecule has 1 fully saturated rings. The van der Waals surface area contributed by atoms with Gasteiger partial charge in [-0.05, 0) is 18.1 Å². The smallest absolute Gasteiger partial charge is 0.481 e. The number of benzene rings is 2. The van der Waals surface area contributed by atoms with Crippen molar-refractivity contribution in [2.45, 2.75) is 63.7 Å². The van der Waals surface area contributed by atoms with Crippen molar-refractivity contribution in [3.05, 3.63) is 54.1 Å². The quantitative estimate of drug-likeness (QED) is 0.0166. The van der Waals surface area contributed by atoms with Gasteiger partial charge in [0.15, 0.2) is 0 Å². The Labute approximate surface area is 571 Å². The standard InChI is InChI=1S/C59H87N12O24P.Ga/c72-48(13-26-90-29-31-92-33-35-94-36-34-93-32-30-91-27-14-49(73)62-45(58(84)85)12-28-95-96(88,89)64-46(59(86)87)9-10-52(76)77)60-15-11-51(75)70-37-42-5-1-2-6-43(42)57-56(44-7-3-4-8-47(44)70)63-65-71(57)17-16-61-50(74)38-66-18-20-67(39-53(78)79)22-24-69(41-55(82)83)25-23-68(21-19-66)40-54(80)81;/h1-8,45-46H,9-41H2,(H,60,72)(H,61,74)(H,62,73)(H,76,77)(H,78,79)(H,80,81)(H,82,83)(H,84,85)(H,86,87)(H2,64,88,89);/q;+3/t45?,46-;/m0./s1/i;1-2. The Morgan fingerprint density at radius 1 is 0.505 bits per heavy atom. The van der Waals surface area contributed by atoms with Gasteiger partial charge in [0.05, 0.1) is 123 Å². The largest absolute Gasteiger partial charge is 3.00 e. The first-order valence-corrected chi connectivity index (χ1v) is 32.7. The van der Waals surface area contributed by atoms with Crippen molar-refractivity contribution >= 4 is 92.7 Å². The van der Waals surface area contributed by atoms with Gasteiger partial charge in [0.25, 0.3) is 0 Å². The molecule has 38 heteroatoms. The molecule has 2 aliphatic heterocycles. The van der Waals surface area contributed by atoms with E-state index in [1.54, 1.807) is 24.3 Å². The predicted molar refractivity (Wildman–Crippen MR) is 342 cm³/mol. The van der Waals surface area contributed by atoms with Crippen molar-refractivity contribution < 1.29 is 116 Å². The van der Waals surface area contributed by atoms with E-state index in [4.69, 9.17) is 38.4 Å². The number of ether oxygens (including phenoxy) is 5. The van der Waals surface area contributed by atoms with Crippen LogP contribution in [-0.4, -0.2) is 326 Å². The fourth-order valence-electron chi connectivity index (χ4n) is 9.95. The number of carboxylic acid groups (broad SMARTS) is 6. The SMILES string of the molecule is O=C(O)CC[C@H](NP(=O)(O)OCCC(NC(=O)CCOCCOCCOCCOCCOCCC(=O)NCCC(=O)N1Cc2ccccc2-c2c(nnn2CCNC(=O)CN2CCN(CC(=O)O)CCN(CC(=O)O)CCN(CC(=O)O)CC2)-c2ccccc21)C(=O)O)C(=O)O.[68Ga+3]. The molecule has 3 atom stereocenters. The molecule has 3 heterocycles. The number of para-hydroxylation sites is 1. The Bertz CT molecular complexity index is 3060. The molecule has 0 aliphatic carbocycles. The van der Waals surface area contributed by atoms with Crippen LogP contribution in [0.2, 0.25) is 0 Å². The van der Waals surface area contributed by atoms with Crippen molar-refractivity contribution in [2.24, 2.45) is 0 Å². The fraction of sp³-hybridized carbons (Fsp3) is 0.593. The molecule has 11 N–H and O–H groups in total. The first-order chi connectivity index (χ1) is 46.0. The van der Waals surface area contributed by atoms with Crippen LogP contribution in [0.3, 0.4) is 0 Å². The van der Waals surface area contributed by atoms with Crippen LogP contribution in [0.25, 0.3) is 22.5 Å². The van der Waals surface area contributed by atoms with Gasteiger partial charge in [-0.15, -0.1) is 5.10 Å². The zero-order valence-corrected chi connectivity index (χ0v) is 57.1. The van der Waals surface area contributed by atoms with Crippen LogP contribution < -0.4 is 25.9 Å². The summed E-state index contributed by atoms with van der Waals surface area (Å²) < 4.78 is 46.0. The number of amides is 4. The molecule has 2 aromatic carbocycles. The van der Waals surface area contributed by atoms with Gasteiger partial charge in [0.2, 0.25) is 23.6 Å². The molecule has 5 rings (SSSR count). The molecule has 0 bridgehead atoms. The minimum absolute atomic E-state index is 0. The second kappa shape index (κ2) is 44.6. The molecule has 1 saturated heterocycles. The van der Waals surface area contributed by atoms with Crippen LogP contribution in [0, 0.1) is 0 Å². The van der Waals surface area contributed by atoms with Gasteiger partial charge in [-0.3, -0.25) is 67.3 Å². The summed E-state index contributed by atoms with van der Waals surface area (Å²) in [6.45, 7) is 2.87. The molecule has 2 aliphatic rings. The zero-order valence-electron chi connectivity index (χ0n) is 53.8. The van der Waals surface area contributed by atoms with Crippen molar-refractivity contribution in [3.8, 4) is 22.5 Å². The topological polar surface area (TPSA) is 480 Å². The van der Waals surface area contributed by atoms with Crippen molar-refractivity contribution in [1.29, 1.82) is 0 Å². The Kier molecular flexibility index (Phi) is 37.7. The third-order valence-corrected chi connectivity index (χ3v) is 15.9. The van der Waals surface area contributed by atoms with E-state index in [-0.39, 0.29) is 228 Å². The van der Waals surface area contributed by atoms with Gasteiger partial charge in [-0.25, -0.2) is 19.1 Å². The summed E-state index contributed by atoms with van der Waals surface area (Å²) in [6, 6.07) is 11.6. The second-order valence-electron chi connectivity index (χ2n) is 22.0. The summed E-state index contributed by atoms with van der Waals surface area (Å²) in [7, 11) is -4.78. The van der Waals surface area contributed by atoms with Gasteiger partial charge in [-0.2, -0.15) is 0 Å². The minimum atomic E-state index is -4.78. The van der Waals surface area contributed by atoms with E-state index >= 15 is 0 Å². The zero-order chi connectivity index (χ0) is 69.8. The molecule has 0 saturated carbocycles. The number of aromatic nitrogens is 3. The van der Waals surface area contributed by atoms with E-state index in [1.165, 1.54) is 0 Å².